The third-order valence-electron chi connectivity index (χ3n) is 4.89. The molecule has 1 aromatic carbocycles. The summed E-state index contributed by atoms with van der Waals surface area (Å²) in [5, 5.41) is 4.70. The highest BCUT2D eigenvalue weighted by Gasteiger charge is 2.30. The second kappa shape index (κ2) is 8.10. The topological polar surface area (TPSA) is 78.5 Å². The molecular formula is C19H25N3O3S2. The summed E-state index contributed by atoms with van der Waals surface area (Å²) in [4.78, 5) is 15.1. The summed E-state index contributed by atoms with van der Waals surface area (Å²) in [6, 6.07) is 9.25. The van der Waals surface area contributed by atoms with E-state index in [1.807, 2.05) is 0 Å². The zero-order valence-electron chi connectivity index (χ0n) is 15.7. The molecule has 2 aromatic rings. The third kappa shape index (κ3) is 4.40. The Kier molecular flexibility index (Phi) is 6.00. The van der Waals surface area contributed by atoms with E-state index in [1.165, 1.54) is 23.4 Å². The summed E-state index contributed by atoms with van der Waals surface area (Å²) >= 11 is 1.76. The monoisotopic (exact) mass is 407 g/mol. The molecule has 0 spiro atoms. The molecule has 2 heterocycles. The Balaban J connectivity index is 1.68. The van der Waals surface area contributed by atoms with E-state index in [0.717, 1.165) is 6.42 Å². The molecule has 1 amide bonds. The molecule has 2 N–H and O–H groups in total. The second-order valence-electron chi connectivity index (χ2n) is 6.85. The number of hydrogen-bond donors (Lipinski definition) is 2. The molecule has 1 aliphatic rings. The summed E-state index contributed by atoms with van der Waals surface area (Å²) in [7, 11) is -3.71. The van der Waals surface area contributed by atoms with Gasteiger partial charge in [0.2, 0.25) is 15.9 Å². The SMILES string of the molecule is CC(=O)Nc1ccccc1S(=O)(=O)NCCN1[C@H](C)Cc2ccsc2[C@@H]1C. The number of fused-ring (bicyclic) bond motifs is 1. The number of anilines is 1. The number of thiophene rings is 1. The van der Waals surface area contributed by atoms with E-state index >= 15 is 0 Å². The first kappa shape index (κ1) is 20.0. The predicted molar refractivity (Wildman–Crippen MR) is 109 cm³/mol. The molecule has 0 radical (unpaired) electrons. The van der Waals surface area contributed by atoms with E-state index in [2.05, 4.69) is 40.2 Å². The van der Waals surface area contributed by atoms with Crippen LogP contribution < -0.4 is 10.0 Å². The van der Waals surface area contributed by atoms with Crippen molar-refractivity contribution in [3.63, 3.8) is 0 Å². The van der Waals surface area contributed by atoms with Crippen LogP contribution in [-0.4, -0.2) is 38.4 Å². The zero-order valence-corrected chi connectivity index (χ0v) is 17.4. The molecule has 0 saturated heterocycles. The molecular weight excluding hydrogens is 382 g/mol. The van der Waals surface area contributed by atoms with Gasteiger partial charge in [-0.2, -0.15) is 0 Å². The van der Waals surface area contributed by atoms with Gasteiger partial charge in [-0.1, -0.05) is 12.1 Å². The number of hydrogen-bond acceptors (Lipinski definition) is 5. The van der Waals surface area contributed by atoms with Gasteiger partial charge in [-0.05, 0) is 49.4 Å². The van der Waals surface area contributed by atoms with Crippen molar-refractivity contribution in [1.82, 2.24) is 9.62 Å². The maximum atomic E-state index is 12.7. The summed E-state index contributed by atoms with van der Waals surface area (Å²) in [5.74, 6) is -0.305. The van der Waals surface area contributed by atoms with Gasteiger partial charge in [0.05, 0.1) is 5.69 Å². The summed E-state index contributed by atoms with van der Waals surface area (Å²) in [6.07, 6.45) is 0.987. The highest BCUT2D eigenvalue weighted by Crippen LogP contribution is 2.36. The Morgan fingerprint density at radius 3 is 2.74 bits per heavy atom. The van der Waals surface area contributed by atoms with Crippen LogP contribution in [0.2, 0.25) is 0 Å². The van der Waals surface area contributed by atoms with Gasteiger partial charge >= 0.3 is 0 Å². The average Bonchev–Trinajstić information content (AvgIpc) is 3.06. The van der Waals surface area contributed by atoms with Crippen LogP contribution in [-0.2, 0) is 21.2 Å². The van der Waals surface area contributed by atoms with Gasteiger partial charge < -0.3 is 5.32 Å². The minimum absolute atomic E-state index is 0.0838. The minimum Gasteiger partial charge on any atom is -0.325 e. The molecule has 27 heavy (non-hydrogen) atoms. The Morgan fingerprint density at radius 1 is 1.26 bits per heavy atom. The smallest absolute Gasteiger partial charge is 0.242 e. The number of nitrogens with one attached hydrogen (secondary N) is 2. The van der Waals surface area contributed by atoms with Crippen molar-refractivity contribution in [3.8, 4) is 0 Å². The number of carbonyl (C=O) groups excluding carboxylic acids is 1. The Bertz CT molecular complexity index is 924. The number of nitrogens with zero attached hydrogens (tertiary/aromatic N) is 1. The second-order valence-corrected chi connectivity index (χ2v) is 9.54. The average molecular weight is 408 g/mol. The Labute approximate surface area is 164 Å². The van der Waals surface area contributed by atoms with E-state index in [4.69, 9.17) is 0 Å². The normalized spacial score (nSPS) is 20.3. The summed E-state index contributed by atoms with van der Waals surface area (Å²) < 4.78 is 28.1. The first-order valence-electron chi connectivity index (χ1n) is 8.98. The highest BCUT2D eigenvalue weighted by molar-refractivity contribution is 7.89. The highest BCUT2D eigenvalue weighted by atomic mass is 32.2. The molecule has 2 atom stereocenters. The van der Waals surface area contributed by atoms with E-state index in [-0.39, 0.29) is 16.8 Å². The van der Waals surface area contributed by atoms with Crippen LogP contribution in [0.5, 0.6) is 0 Å². The van der Waals surface area contributed by atoms with Gasteiger partial charge in [0, 0.05) is 37.0 Å². The van der Waals surface area contributed by atoms with Crippen molar-refractivity contribution in [2.75, 3.05) is 18.4 Å². The first-order chi connectivity index (χ1) is 12.8. The number of sulfonamides is 1. The van der Waals surface area contributed by atoms with Crippen LogP contribution in [0.3, 0.4) is 0 Å². The van der Waals surface area contributed by atoms with Gasteiger partial charge in [-0.15, -0.1) is 11.3 Å². The lowest BCUT2D eigenvalue weighted by atomic mass is 9.97. The largest absolute Gasteiger partial charge is 0.325 e. The van der Waals surface area contributed by atoms with E-state index in [1.54, 1.807) is 29.5 Å². The van der Waals surface area contributed by atoms with E-state index in [9.17, 15) is 13.2 Å². The van der Waals surface area contributed by atoms with Gasteiger partial charge in [0.25, 0.3) is 0 Å². The Morgan fingerprint density at radius 2 is 2.00 bits per heavy atom. The molecule has 0 fully saturated rings. The van der Waals surface area contributed by atoms with Crippen LogP contribution in [0.4, 0.5) is 5.69 Å². The standard InChI is InChI=1S/C19H25N3O3S2/c1-13-12-16-8-11-26-19(16)14(2)22(13)10-9-20-27(24,25)18-7-5-4-6-17(18)21-15(3)23/h4-8,11,13-14,20H,9-10,12H2,1-3H3,(H,21,23)/t13-,14+/m1/s1. The summed E-state index contributed by atoms with van der Waals surface area (Å²) in [6.45, 7) is 6.64. The van der Waals surface area contributed by atoms with Crippen LogP contribution in [0.15, 0.2) is 40.6 Å². The van der Waals surface area contributed by atoms with Gasteiger partial charge in [0.1, 0.15) is 4.90 Å². The summed E-state index contributed by atoms with van der Waals surface area (Å²) in [5.41, 5.74) is 1.70. The van der Waals surface area contributed by atoms with Crippen molar-refractivity contribution >= 4 is 33.0 Å². The molecule has 0 saturated carbocycles. The van der Waals surface area contributed by atoms with Crippen LogP contribution in [0.1, 0.15) is 37.3 Å². The molecule has 1 aromatic heterocycles. The lowest BCUT2D eigenvalue weighted by molar-refractivity contribution is -0.114. The van der Waals surface area contributed by atoms with Crippen molar-refractivity contribution in [3.05, 3.63) is 46.2 Å². The molecule has 8 heteroatoms. The Hall–Kier alpha value is -1.74. The van der Waals surface area contributed by atoms with Crippen LogP contribution in [0, 0.1) is 0 Å². The molecule has 6 nitrogen and oxygen atoms in total. The molecule has 1 aliphatic heterocycles. The number of carbonyl (C=O) groups is 1. The van der Waals surface area contributed by atoms with E-state index < -0.39 is 10.0 Å². The maximum Gasteiger partial charge on any atom is 0.242 e. The fourth-order valence-electron chi connectivity index (χ4n) is 3.65. The number of amides is 1. The minimum atomic E-state index is -3.71. The number of para-hydroxylation sites is 1. The lowest BCUT2D eigenvalue weighted by Gasteiger charge is -2.38. The van der Waals surface area contributed by atoms with Gasteiger partial charge in [-0.3, -0.25) is 9.69 Å². The molecule has 0 aliphatic carbocycles. The predicted octanol–water partition coefficient (Wildman–Crippen LogP) is 2.99. The van der Waals surface area contributed by atoms with Crippen molar-refractivity contribution in [2.24, 2.45) is 0 Å². The number of benzene rings is 1. The van der Waals surface area contributed by atoms with E-state index in [0.29, 0.717) is 24.8 Å². The lowest BCUT2D eigenvalue weighted by Crippen LogP contribution is -2.44. The third-order valence-corrected chi connectivity index (χ3v) is 7.54. The molecule has 3 rings (SSSR count). The van der Waals surface area contributed by atoms with Crippen molar-refractivity contribution in [2.45, 2.75) is 44.2 Å². The molecule has 0 unspecified atom stereocenters. The fraction of sp³-hybridized carbons (Fsp3) is 0.421. The molecule has 0 bridgehead atoms. The molecule has 146 valence electrons. The van der Waals surface area contributed by atoms with Gasteiger partial charge in [-0.25, -0.2) is 13.1 Å². The fourth-order valence-corrected chi connectivity index (χ4v) is 5.84. The van der Waals surface area contributed by atoms with Crippen LogP contribution >= 0.6 is 11.3 Å². The van der Waals surface area contributed by atoms with Gasteiger partial charge in [0.15, 0.2) is 0 Å². The van der Waals surface area contributed by atoms with Crippen LogP contribution in [0.25, 0.3) is 0 Å². The van der Waals surface area contributed by atoms with Crippen molar-refractivity contribution in [1.29, 1.82) is 0 Å². The van der Waals surface area contributed by atoms with Crippen molar-refractivity contribution < 1.29 is 13.2 Å². The quantitative estimate of drug-likeness (QED) is 0.772. The number of rotatable bonds is 6. The zero-order chi connectivity index (χ0) is 19.6. The maximum absolute atomic E-state index is 12.7. The first-order valence-corrected chi connectivity index (χ1v) is 11.3.